The number of fused-ring (bicyclic) bond motifs is 2. The summed E-state index contributed by atoms with van der Waals surface area (Å²) >= 11 is 0. The van der Waals surface area contributed by atoms with Gasteiger partial charge in [-0.2, -0.15) is 0 Å². The quantitative estimate of drug-likeness (QED) is 0.854. The molecule has 2 bridgehead atoms. The molecule has 3 unspecified atom stereocenters. The van der Waals surface area contributed by atoms with Crippen LogP contribution in [-0.4, -0.2) is 25.1 Å². The monoisotopic (exact) mass is 246 g/mol. The number of benzene rings is 1. The van der Waals surface area contributed by atoms with Gasteiger partial charge in [-0.05, 0) is 31.4 Å². The zero-order chi connectivity index (χ0) is 12.5. The third-order valence-corrected chi connectivity index (χ3v) is 4.00. The van der Waals surface area contributed by atoms with Crippen LogP contribution in [0.1, 0.15) is 19.3 Å². The van der Waals surface area contributed by atoms with E-state index in [4.69, 9.17) is 4.74 Å². The van der Waals surface area contributed by atoms with Gasteiger partial charge in [-0.15, -0.1) is 0 Å². The third kappa shape index (κ3) is 1.97. The SMILES string of the molecule is COc1ccccc1NC(=O)C1CC2CCC1N2. The number of hydrogen-bond acceptors (Lipinski definition) is 3. The minimum atomic E-state index is 0.105. The molecule has 0 saturated carbocycles. The first-order valence-electron chi connectivity index (χ1n) is 6.48. The van der Waals surface area contributed by atoms with Gasteiger partial charge < -0.3 is 15.4 Å². The van der Waals surface area contributed by atoms with Crippen molar-refractivity contribution in [1.29, 1.82) is 0 Å². The van der Waals surface area contributed by atoms with Crippen LogP contribution in [0, 0.1) is 5.92 Å². The van der Waals surface area contributed by atoms with E-state index in [-0.39, 0.29) is 11.8 Å². The number of para-hydroxylation sites is 2. The lowest BCUT2D eigenvalue weighted by molar-refractivity contribution is -0.120. The average molecular weight is 246 g/mol. The summed E-state index contributed by atoms with van der Waals surface area (Å²) in [5, 5.41) is 6.47. The van der Waals surface area contributed by atoms with E-state index in [1.165, 1.54) is 6.42 Å². The van der Waals surface area contributed by atoms with Crippen molar-refractivity contribution in [2.75, 3.05) is 12.4 Å². The molecule has 18 heavy (non-hydrogen) atoms. The maximum atomic E-state index is 12.3. The third-order valence-electron chi connectivity index (χ3n) is 4.00. The van der Waals surface area contributed by atoms with Crippen molar-refractivity contribution in [2.24, 2.45) is 5.92 Å². The van der Waals surface area contributed by atoms with Crippen LogP contribution in [-0.2, 0) is 4.79 Å². The molecule has 0 aromatic heterocycles. The molecule has 0 radical (unpaired) electrons. The zero-order valence-electron chi connectivity index (χ0n) is 10.5. The predicted octanol–water partition coefficient (Wildman–Crippen LogP) is 1.77. The largest absolute Gasteiger partial charge is 0.495 e. The van der Waals surface area contributed by atoms with E-state index in [9.17, 15) is 4.79 Å². The molecule has 3 rings (SSSR count). The van der Waals surface area contributed by atoms with E-state index in [0.717, 1.165) is 18.5 Å². The van der Waals surface area contributed by atoms with Crippen molar-refractivity contribution >= 4 is 11.6 Å². The van der Waals surface area contributed by atoms with Crippen LogP contribution >= 0.6 is 0 Å². The minimum absolute atomic E-state index is 0.105. The lowest BCUT2D eigenvalue weighted by Gasteiger charge is -2.20. The molecule has 0 spiro atoms. The molecule has 2 fully saturated rings. The van der Waals surface area contributed by atoms with Gasteiger partial charge in [-0.25, -0.2) is 0 Å². The Morgan fingerprint density at radius 2 is 2.22 bits per heavy atom. The van der Waals surface area contributed by atoms with Gasteiger partial charge in [0.15, 0.2) is 0 Å². The second-order valence-electron chi connectivity index (χ2n) is 5.08. The molecule has 4 heteroatoms. The fraction of sp³-hybridized carbons (Fsp3) is 0.500. The molecule has 3 atom stereocenters. The van der Waals surface area contributed by atoms with Gasteiger partial charge in [0.1, 0.15) is 5.75 Å². The van der Waals surface area contributed by atoms with Crippen LogP contribution in [0.4, 0.5) is 5.69 Å². The number of methoxy groups -OCH3 is 1. The Morgan fingerprint density at radius 1 is 1.39 bits per heavy atom. The van der Waals surface area contributed by atoms with Gasteiger partial charge in [-0.1, -0.05) is 12.1 Å². The molecule has 1 amide bonds. The molecule has 2 aliphatic heterocycles. The number of rotatable bonds is 3. The molecule has 0 aliphatic carbocycles. The van der Waals surface area contributed by atoms with Crippen LogP contribution < -0.4 is 15.4 Å². The lowest BCUT2D eigenvalue weighted by atomic mass is 9.88. The standard InChI is InChI=1S/C14H18N2O2/c1-18-13-5-3-2-4-12(13)16-14(17)10-8-9-6-7-11(10)15-9/h2-5,9-11,15H,6-8H2,1H3,(H,16,17). The van der Waals surface area contributed by atoms with Crippen LogP contribution in [0.25, 0.3) is 0 Å². The lowest BCUT2D eigenvalue weighted by Crippen LogP contribution is -2.32. The van der Waals surface area contributed by atoms with E-state index in [0.29, 0.717) is 17.8 Å². The highest BCUT2D eigenvalue weighted by atomic mass is 16.5. The maximum absolute atomic E-state index is 12.3. The molecule has 1 aromatic carbocycles. The summed E-state index contributed by atoms with van der Waals surface area (Å²) in [6.45, 7) is 0. The first kappa shape index (κ1) is 11.5. The summed E-state index contributed by atoms with van der Waals surface area (Å²) in [5.74, 6) is 0.926. The van der Waals surface area contributed by atoms with Gasteiger partial charge in [0.05, 0.1) is 18.7 Å². The minimum Gasteiger partial charge on any atom is -0.495 e. The fourth-order valence-electron chi connectivity index (χ4n) is 3.09. The van der Waals surface area contributed by atoms with Crippen molar-refractivity contribution in [2.45, 2.75) is 31.3 Å². The molecule has 2 N–H and O–H groups in total. The van der Waals surface area contributed by atoms with E-state index in [1.807, 2.05) is 24.3 Å². The van der Waals surface area contributed by atoms with Crippen LogP contribution in [0.5, 0.6) is 5.75 Å². The smallest absolute Gasteiger partial charge is 0.229 e. The van der Waals surface area contributed by atoms with Gasteiger partial charge in [0.25, 0.3) is 0 Å². The molecular formula is C14H18N2O2. The molecular weight excluding hydrogens is 228 g/mol. The molecule has 96 valence electrons. The molecule has 2 aliphatic rings. The first-order valence-corrected chi connectivity index (χ1v) is 6.48. The molecule has 2 heterocycles. The zero-order valence-corrected chi connectivity index (χ0v) is 10.5. The second kappa shape index (κ2) is 4.61. The highest BCUT2D eigenvalue weighted by molar-refractivity contribution is 5.94. The maximum Gasteiger partial charge on any atom is 0.229 e. The molecule has 4 nitrogen and oxygen atoms in total. The first-order chi connectivity index (χ1) is 8.78. The number of hydrogen-bond donors (Lipinski definition) is 2. The van der Waals surface area contributed by atoms with Gasteiger partial charge in [-0.3, -0.25) is 4.79 Å². The number of amides is 1. The Hall–Kier alpha value is -1.55. The molecule has 1 aromatic rings. The normalized spacial score (nSPS) is 29.3. The van der Waals surface area contributed by atoms with Gasteiger partial charge >= 0.3 is 0 Å². The van der Waals surface area contributed by atoms with Crippen molar-refractivity contribution < 1.29 is 9.53 Å². The second-order valence-corrected chi connectivity index (χ2v) is 5.08. The Labute approximate surface area is 107 Å². The Balaban J connectivity index is 1.71. The van der Waals surface area contributed by atoms with E-state index < -0.39 is 0 Å². The highest BCUT2D eigenvalue weighted by Crippen LogP contribution is 2.34. The van der Waals surface area contributed by atoms with E-state index in [2.05, 4.69) is 10.6 Å². The van der Waals surface area contributed by atoms with Crippen molar-refractivity contribution in [3.05, 3.63) is 24.3 Å². The molecule has 2 saturated heterocycles. The highest BCUT2D eigenvalue weighted by Gasteiger charge is 2.42. The summed E-state index contributed by atoms with van der Waals surface area (Å²) in [5.41, 5.74) is 0.757. The number of carbonyl (C=O) groups is 1. The van der Waals surface area contributed by atoms with Crippen LogP contribution in [0.2, 0.25) is 0 Å². The topological polar surface area (TPSA) is 50.4 Å². The van der Waals surface area contributed by atoms with Crippen LogP contribution in [0.15, 0.2) is 24.3 Å². The summed E-state index contributed by atoms with van der Waals surface area (Å²) in [4.78, 5) is 12.3. The fourth-order valence-corrected chi connectivity index (χ4v) is 3.09. The number of nitrogens with one attached hydrogen (secondary N) is 2. The number of carbonyl (C=O) groups excluding carboxylic acids is 1. The number of anilines is 1. The van der Waals surface area contributed by atoms with Gasteiger partial charge in [0, 0.05) is 12.1 Å². The Kier molecular flexibility index (Phi) is 2.96. The number of ether oxygens (including phenoxy) is 1. The Bertz CT molecular complexity index is 461. The van der Waals surface area contributed by atoms with E-state index >= 15 is 0 Å². The van der Waals surface area contributed by atoms with E-state index in [1.54, 1.807) is 7.11 Å². The Morgan fingerprint density at radius 3 is 2.89 bits per heavy atom. The van der Waals surface area contributed by atoms with Crippen molar-refractivity contribution in [1.82, 2.24) is 5.32 Å². The van der Waals surface area contributed by atoms with Gasteiger partial charge in [0.2, 0.25) is 5.91 Å². The van der Waals surface area contributed by atoms with Crippen molar-refractivity contribution in [3.8, 4) is 5.75 Å². The summed E-state index contributed by atoms with van der Waals surface area (Å²) < 4.78 is 5.24. The summed E-state index contributed by atoms with van der Waals surface area (Å²) in [6, 6.07) is 8.43. The summed E-state index contributed by atoms with van der Waals surface area (Å²) in [7, 11) is 1.62. The predicted molar refractivity (Wildman–Crippen MR) is 69.7 cm³/mol. The average Bonchev–Trinajstić information content (AvgIpc) is 3.01. The van der Waals surface area contributed by atoms with Crippen LogP contribution in [0.3, 0.4) is 0 Å². The summed E-state index contributed by atoms with van der Waals surface area (Å²) in [6.07, 6.45) is 3.30. The van der Waals surface area contributed by atoms with Crippen molar-refractivity contribution in [3.63, 3.8) is 0 Å².